The average molecular weight is 371 g/mol. The number of ether oxygens (including phenoxy) is 3. The van der Waals surface area contributed by atoms with Crippen LogP contribution < -0.4 is 14.8 Å². The fraction of sp³-hybridized carbons (Fsp3) is 0.400. The number of nitrogens with zero attached hydrogens (tertiary/aromatic N) is 2. The standard InChI is InChI=1S/C20H25N3O4/c1-25-17-7-5-8-18(26-2)19(17)20(24)22-14-16(15-6-3-4-9-21-15)23-10-12-27-13-11-23/h3-9,16H,10-14H2,1-2H3,(H,22,24)/t16-/m1/s1. The Labute approximate surface area is 159 Å². The Balaban J connectivity index is 1.78. The molecule has 0 radical (unpaired) electrons. The van der Waals surface area contributed by atoms with Crippen molar-refractivity contribution >= 4 is 5.91 Å². The number of nitrogens with one attached hydrogen (secondary N) is 1. The molecule has 2 aromatic rings. The summed E-state index contributed by atoms with van der Waals surface area (Å²) in [7, 11) is 3.08. The lowest BCUT2D eigenvalue weighted by molar-refractivity contribution is 0.0153. The van der Waals surface area contributed by atoms with Crippen LogP contribution >= 0.6 is 0 Å². The molecule has 1 amide bonds. The van der Waals surface area contributed by atoms with Crippen LogP contribution in [0.15, 0.2) is 42.6 Å². The van der Waals surface area contributed by atoms with E-state index < -0.39 is 0 Å². The second-order valence-corrected chi connectivity index (χ2v) is 6.17. The van der Waals surface area contributed by atoms with E-state index >= 15 is 0 Å². The summed E-state index contributed by atoms with van der Waals surface area (Å²) in [5.74, 6) is 0.721. The highest BCUT2D eigenvalue weighted by Crippen LogP contribution is 2.28. The van der Waals surface area contributed by atoms with Gasteiger partial charge < -0.3 is 19.5 Å². The molecule has 27 heavy (non-hydrogen) atoms. The van der Waals surface area contributed by atoms with Crippen LogP contribution in [0, 0.1) is 0 Å². The molecule has 2 heterocycles. The molecule has 1 fully saturated rings. The number of amides is 1. The zero-order chi connectivity index (χ0) is 19.1. The Kier molecular flexibility index (Phi) is 6.62. The van der Waals surface area contributed by atoms with Crippen molar-refractivity contribution in [2.45, 2.75) is 6.04 Å². The zero-order valence-corrected chi connectivity index (χ0v) is 15.7. The molecule has 3 rings (SSSR count). The van der Waals surface area contributed by atoms with Gasteiger partial charge in [0, 0.05) is 25.8 Å². The second-order valence-electron chi connectivity index (χ2n) is 6.17. The maximum atomic E-state index is 12.9. The number of methoxy groups -OCH3 is 2. The Morgan fingerprint density at radius 3 is 2.44 bits per heavy atom. The van der Waals surface area contributed by atoms with Crippen molar-refractivity contribution in [1.29, 1.82) is 0 Å². The third-order valence-corrected chi connectivity index (χ3v) is 4.63. The van der Waals surface area contributed by atoms with E-state index in [4.69, 9.17) is 14.2 Å². The summed E-state index contributed by atoms with van der Waals surface area (Å²) in [6.45, 7) is 3.39. The fourth-order valence-electron chi connectivity index (χ4n) is 3.24. The van der Waals surface area contributed by atoms with E-state index in [2.05, 4.69) is 15.2 Å². The van der Waals surface area contributed by atoms with E-state index in [-0.39, 0.29) is 11.9 Å². The van der Waals surface area contributed by atoms with Crippen LogP contribution in [-0.2, 0) is 4.74 Å². The summed E-state index contributed by atoms with van der Waals surface area (Å²) in [4.78, 5) is 19.7. The highest BCUT2D eigenvalue weighted by molar-refractivity contribution is 5.99. The Morgan fingerprint density at radius 2 is 1.85 bits per heavy atom. The SMILES string of the molecule is COc1cccc(OC)c1C(=O)NC[C@H](c1ccccn1)N1CCOCC1. The quantitative estimate of drug-likeness (QED) is 0.802. The van der Waals surface area contributed by atoms with Crippen molar-refractivity contribution < 1.29 is 19.0 Å². The Bertz CT molecular complexity index is 726. The van der Waals surface area contributed by atoms with Gasteiger partial charge in [0.1, 0.15) is 17.1 Å². The van der Waals surface area contributed by atoms with Crippen molar-refractivity contribution in [1.82, 2.24) is 15.2 Å². The maximum Gasteiger partial charge on any atom is 0.258 e. The summed E-state index contributed by atoms with van der Waals surface area (Å²) in [6.07, 6.45) is 1.77. The second kappa shape index (κ2) is 9.34. The molecule has 0 aliphatic carbocycles. The number of morpholine rings is 1. The number of carbonyl (C=O) groups excluding carboxylic acids is 1. The molecule has 0 saturated carbocycles. The van der Waals surface area contributed by atoms with Gasteiger partial charge in [0.05, 0.1) is 39.2 Å². The van der Waals surface area contributed by atoms with Crippen LogP contribution in [0.1, 0.15) is 22.1 Å². The van der Waals surface area contributed by atoms with E-state index in [0.717, 1.165) is 18.8 Å². The minimum absolute atomic E-state index is 0.0280. The van der Waals surface area contributed by atoms with E-state index in [0.29, 0.717) is 36.8 Å². The van der Waals surface area contributed by atoms with Crippen molar-refractivity contribution in [2.24, 2.45) is 0 Å². The van der Waals surface area contributed by atoms with Gasteiger partial charge in [0.15, 0.2) is 0 Å². The van der Waals surface area contributed by atoms with E-state index in [1.165, 1.54) is 14.2 Å². The van der Waals surface area contributed by atoms with E-state index in [1.54, 1.807) is 24.4 Å². The van der Waals surface area contributed by atoms with E-state index in [1.807, 2.05) is 18.2 Å². The molecule has 1 atom stereocenters. The van der Waals surface area contributed by atoms with Crippen molar-refractivity contribution in [3.05, 3.63) is 53.9 Å². The molecular formula is C20H25N3O4. The maximum absolute atomic E-state index is 12.9. The third-order valence-electron chi connectivity index (χ3n) is 4.63. The first-order valence-electron chi connectivity index (χ1n) is 8.96. The van der Waals surface area contributed by atoms with Crippen LogP contribution in [0.3, 0.4) is 0 Å². The number of hydrogen-bond acceptors (Lipinski definition) is 6. The predicted molar refractivity (Wildman–Crippen MR) is 101 cm³/mol. The van der Waals surface area contributed by atoms with Gasteiger partial charge in [-0.2, -0.15) is 0 Å². The lowest BCUT2D eigenvalue weighted by Gasteiger charge is -2.34. The molecule has 7 nitrogen and oxygen atoms in total. The minimum atomic E-state index is -0.238. The lowest BCUT2D eigenvalue weighted by Crippen LogP contribution is -2.44. The minimum Gasteiger partial charge on any atom is -0.496 e. The van der Waals surface area contributed by atoms with Crippen LogP contribution in [0.5, 0.6) is 11.5 Å². The molecule has 1 aromatic heterocycles. The predicted octanol–water partition coefficient (Wildman–Crippen LogP) is 1.90. The molecule has 0 unspecified atom stereocenters. The zero-order valence-electron chi connectivity index (χ0n) is 15.7. The summed E-state index contributed by atoms with van der Waals surface area (Å²) < 4.78 is 16.1. The van der Waals surface area contributed by atoms with Crippen molar-refractivity contribution in [3.63, 3.8) is 0 Å². The summed E-state index contributed by atoms with van der Waals surface area (Å²) in [5, 5.41) is 3.02. The first-order valence-corrected chi connectivity index (χ1v) is 8.96. The van der Waals surface area contributed by atoms with Gasteiger partial charge in [-0.1, -0.05) is 12.1 Å². The van der Waals surface area contributed by atoms with Gasteiger partial charge in [-0.3, -0.25) is 14.7 Å². The first-order chi connectivity index (χ1) is 13.2. The number of hydrogen-bond donors (Lipinski definition) is 1. The Morgan fingerprint density at radius 1 is 1.15 bits per heavy atom. The molecule has 0 spiro atoms. The lowest BCUT2D eigenvalue weighted by atomic mass is 10.1. The topological polar surface area (TPSA) is 72.9 Å². The molecular weight excluding hydrogens is 346 g/mol. The average Bonchev–Trinajstić information content (AvgIpc) is 2.74. The fourth-order valence-corrected chi connectivity index (χ4v) is 3.24. The monoisotopic (exact) mass is 371 g/mol. The molecule has 1 aliphatic heterocycles. The molecule has 7 heteroatoms. The number of aromatic nitrogens is 1. The smallest absolute Gasteiger partial charge is 0.258 e. The molecule has 1 aromatic carbocycles. The normalized spacial score (nSPS) is 15.8. The number of benzene rings is 1. The highest BCUT2D eigenvalue weighted by atomic mass is 16.5. The van der Waals surface area contributed by atoms with Crippen LogP contribution in [-0.4, -0.2) is 62.9 Å². The molecule has 144 valence electrons. The van der Waals surface area contributed by atoms with E-state index in [9.17, 15) is 4.79 Å². The van der Waals surface area contributed by atoms with Crippen LogP contribution in [0.25, 0.3) is 0 Å². The number of pyridine rings is 1. The summed E-state index contributed by atoms with van der Waals surface area (Å²) in [5.41, 5.74) is 1.32. The van der Waals surface area contributed by atoms with Gasteiger partial charge >= 0.3 is 0 Å². The van der Waals surface area contributed by atoms with Crippen molar-refractivity contribution in [2.75, 3.05) is 47.1 Å². The van der Waals surface area contributed by atoms with Gasteiger partial charge in [-0.25, -0.2) is 0 Å². The number of rotatable bonds is 7. The Hall–Kier alpha value is -2.64. The van der Waals surface area contributed by atoms with Gasteiger partial charge in [-0.05, 0) is 24.3 Å². The van der Waals surface area contributed by atoms with Crippen molar-refractivity contribution in [3.8, 4) is 11.5 Å². The summed E-state index contributed by atoms with van der Waals surface area (Å²) in [6, 6.07) is 11.1. The molecule has 1 N–H and O–H groups in total. The summed E-state index contributed by atoms with van der Waals surface area (Å²) >= 11 is 0. The van der Waals surface area contributed by atoms with Gasteiger partial charge in [-0.15, -0.1) is 0 Å². The largest absolute Gasteiger partial charge is 0.496 e. The third kappa shape index (κ3) is 4.56. The molecule has 1 saturated heterocycles. The highest BCUT2D eigenvalue weighted by Gasteiger charge is 2.25. The van der Waals surface area contributed by atoms with Crippen LogP contribution in [0.4, 0.5) is 0 Å². The van der Waals surface area contributed by atoms with Gasteiger partial charge in [0.2, 0.25) is 0 Å². The van der Waals surface area contributed by atoms with Gasteiger partial charge in [0.25, 0.3) is 5.91 Å². The van der Waals surface area contributed by atoms with Crippen LogP contribution in [0.2, 0.25) is 0 Å². The molecule has 0 bridgehead atoms. The first kappa shape index (κ1) is 19.1. The number of carbonyl (C=O) groups is 1. The molecule has 1 aliphatic rings.